The summed E-state index contributed by atoms with van der Waals surface area (Å²) in [6, 6.07) is 11.7. The van der Waals surface area contributed by atoms with E-state index in [0.717, 1.165) is 31.7 Å². The van der Waals surface area contributed by atoms with Crippen molar-refractivity contribution in [2.75, 3.05) is 19.6 Å². The topological polar surface area (TPSA) is 62.6 Å². The Morgan fingerprint density at radius 3 is 2.48 bits per heavy atom. The Morgan fingerprint density at radius 1 is 1.07 bits per heavy atom. The Hall–Kier alpha value is -2.40. The summed E-state index contributed by atoms with van der Waals surface area (Å²) in [5, 5.41) is 3.01. The number of Topliss-reactive ketones (excluding diaryl/α,β-unsaturated/α-hetero) is 1. The van der Waals surface area contributed by atoms with Crippen molar-refractivity contribution in [1.29, 1.82) is 0 Å². The van der Waals surface area contributed by atoms with Gasteiger partial charge in [0, 0.05) is 24.9 Å². The van der Waals surface area contributed by atoms with E-state index < -0.39 is 0 Å². The van der Waals surface area contributed by atoms with Crippen LogP contribution in [-0.4, -0.2) is 36.2 Å². The molecule has 0 saturated carbocycles. The number of piperidine rings is 1. The molecule has 5 heteroatoms. The van der Waals surface area contributed by atoms with Crippen LogP contribution in [-0.2, 0) is 11.2 Å². The van der Waals surface area contributed by atoms with Crippen molar-refractivity contribution >= 4 is 11.7 Å². The zero-order valence-electron chi connectivity index (χ0n) is 17.4. The van der Waals surface area contributed by atoms with E-state index in [4.69, 9.17) is 4.42 Å². The second-order valence-electron chi connectivity index (χ2n) is 7.80. The van der Waals surface area contributed by atoms with Gasteiger partial charge in [-0.2, -0.15) is 0 Å². The molecule has 1 aliphatic heterocycles. The molecule has 1 saturated heterocycles. The van der Waals surface area contributed by atoms with Crippen LogP contribution in [0.15, 0.2) is 47.1 Å². The maximum atomic E-state index is 12.4. The standard InChI is InChI=1S/C24H32N2O3/c1-2-7-19-9-11-20(12-10-19)22(27)13-14-24(28)25-18-21(23-8-6-17-29-23)26-15-4-3-5-16-26/h6,8-12,17,21H,2-5,7,13-16,18H2,1H3,(H,25,28). The molecule has 0 spiro atoms. The number of ketones is 1. The summed E-state index contributed by atoms with van der Waals surface area (Å²) >= 11 is 0. The summed E-state index contributed by atoms with van der Waals surface area (Å²) in [5.41, 5.74) is 1.92. The van der Waals surface area contributed by atoms with E-state index in [9.17, 15) is 9.59 Å². The zero-order valence-corrected chi connectivity index (χ0v) is 17.4. The SMILES string of the molecule is CCCc1ccc(C(=O)CCC(=O)NCC(c2ccco2)N2CCCCC2)cc1. The normalized spacial score (nSPS) is 15.8. The molecule has 1 unspecified atom stereocenters. The molecule has 1 N–H and O–H groups in total. The fourth-order valence-electron chi connectivity index (χ4n) is 3.94. The highest BCUT2D eigenvalue weighted by Gasteiger charge is 2.25. The first-order valence-electron chi connectivity index (χ1n) is 10.8. The van der Waals surface area contributed by atoms with Gasteiger partial charge in [0.05, 0.1) is 12.3 Å². The number of nitrogens with one attached hydrogen (secondary N) is 1. The average molecular weight is 397 g/mol. The molecule has 1 fully saturated rings. The van der Waals surface area contributed by atoms with Crippen LogP contribution in [0.2, 0.25) is 0 Å². The number of aryl methyl sites for hydroxylation is 1. The van der Waals surface area contributed by atoms with Crippen molar-refractivity contribution in [3.63, 3.8) is 0 Å². The van der Waals surface area contributed by atoms with Gasteiger partial charge in [0.25, 0.3) is 0 Å². The molecule has 5 nitrogen and oxygen atoms in total. The minimum absolute atomic E-state index is 0.0156. The van der Waals surface area contributed by atoms with E-state index in [1.165, 1.54) is 24.8 Å². The molecule has 156 valence electrons. The molecule has 1 aliphatic rings. The quantitative estimate of drug-likeness (QED) is 0.599. The van der Waals surface area contributed by atoms with Crippen LogP contribution in [0.4, 0.5) is 0 Å². The summed E-state index contributed by atoms with van der Waals surface area (Å²) < 4.78 is 5.62. The van der Waals surface area contributed by atoms with Gasteiger partial charge in [-0.3, -0.25) is 14.5 Å². The Labute approximate surface area is 173 Å². The molecule has 0 radical (unpaired) electrons. The van der Waals surface area contributed by atoms with Crippen LogP contribution >= 0.6 is 0 Å². The van der Waals surface area contributed by atoms with Crippen LogP contribution < -0.4 is 5.32 Å². The smallest absolute Gasteiger partial charge is 0.220 e. The Morgan fingerprint density at radius 2 is 1.83 bits per heavy atom. The minimum Gasteiger partial charge on any atom is -0.468 e. The van der Waals surface area contributed by atoms with Gasteiger partial charge in [0.2, 0.25) is 5.91 Å². The number of hydrogen-bond acceptors (Lipinski definition) is 4. The maximum absolute atomic E-state index is 12.4. The lowest BCUT2D eigenvalue weighted by Crippen LogP contribution is -2.40. The van der Waals surface area contributed by atoms with Crippen LogP contribution in [0.25, 0.3) is 0 Å². The first kappa shape index (κ1) is 21.3. The molecule has 2 heterocycles. The molecule has 1 amide bonds. The van der Waals surface area contributed by atoms with Gasteiger partial charge >= 0.3 is 0 Å². The van der Waals surface area contributed by atoms with Crippen molar-refractivity contribution in [2.24, 2.45) is 0 Å². The number of hydrogen-bond donors (Lipinski definition) is 1. The molecule has 29 heavy (non-hydrogen) atoms. The lowest BCUT2D eigenvalue weighted by Gasteiger charge is -2.33. The number of carbonyl (C=O) groups excluding carboxylic acids is 2. The molecular weight excluding hydrogens is 364 g/mol. The van der Waals surface area contributed by atoms with E-state index in [0.29, 0.717) is 12.1 Å². The fraction of sp³-hybridized carbons (Fsp3) is 0.500. The third-order valence-corrected chi connectivity index (χ3v) is 5.59. The van der Waals surface area contributed by atoms with E-state index in [2.05, 4.69) is 17.1 Å². The minimum atomic E-state index is -0.0884. The summed E-state index contributed by atoms with van der Waals surface area (Å²) in [7, 11) is 0. The van der Waals surface area contributed by atoms with Crippen molar-refractivity contribution in [2.45, 2.75) is 57.9 Å². The summed E-state index contributed by atoms with van der Waals surface area (Å²) in [6.45, 7) is 4.69. The number of likely N-dealkylation sites (tertiary alicyclic amines) is 1. The highest BCUT2D eigenvalue weighted by Crippen LogP contribution is 2.24. The number of benzene rings is 1. The van der Waals surface area contributed by atoms with Crippen molar-refractivity contribution < 1.29 is 14.0 Å². The number of rotatable bonds is 10. The van der Waals surface area contributed by atoms with Gasteiger partial charge in [-0.15, -0.1) is 0 Å². The van der Waals surface area contributed by atoms with Crippen LogP contribution in [0.5, 0.6) is 0 Å². The van der Waals surface area contributed by atoms with Crippen molar-refractivity contribution in [3.8, 4) is 0 Å². The number of carbonyl (C=O) groups is 2. The molecule has 1 atom stereocenters. The fourth-order valence-corrected chi connectivity index (χ4v) is 3.94. The molecular formula is C24H32N2O3. The second-order valence-corrected chi connectivity index (χ2v) is 7.80. The van der Waals surface area contributed by atoms with Gasteiger partial charge < -0.3 is 9.73 Å². The predicted octanol–water partition coefficient (Wildman–Crippen LogP) is 4.54. The molecule has 1 aromatic carbocycles. The third kappa shape index (κ3) is 6.29. The third-order valence-electron chi connectivity index (χ3n) is 5.59. The first-order chi connectivity index (χ1) is 14.2. The Balaban J connectivity index is 1.48. The summed E-state index contributed by atoms with van der Waals surface area (Å²) in [5.74, 6) is 0.812. The summed E-state index contributed by atoms with van der Waals surface area (Å²) in [6.07, 6.45) is 7.84. The van der Waals surface area contributed by atoms with Gasteiger partial charge in [-0.25, -0.2) is 0 Å². The second kappa shape index (κ2) is 11.0. The monoisotopic (exact) mass is 396 g/mol. The van der Waals surface area contributed by atoms with E-state index >= 15 is 0 Å². The Kier molecular flexibility index (Phi) is 8.05. The van der Waals surface area contributed by atoms with E-state index in [1.807, 2.05) is 36.4 Å². The van der Waals surface area contributed by atoms with Gasteiger partial charge in [-0.05, 0) is 50.0 Å². The van der Waals surface area contributed by atoms with Crippen LogP contribution in [0, 0.1) is 0 Å². The largest absolute Gasteiger partial charge is 0.468 e. The predicted molar refractivity (Wildman–Crippen MR) is 114 cm³/mol. The lowest BCUT2D eigenvalue weighted by molar-refractivity contribution is -0.121. The van der Waals surface area contributed by atoms with Crippen molar-refractivity contribution in [3.05, 3.63) is 59.5 Å². The molecule has 3 rings (SSSR count). The molecule has 0 aliphatic carbocycles. The maximum Gasteiger partial charge on any atom is 0.220 e. The molecule has 1 aromatic heterocycles. The molecule has 0 bridgehead atoms. The van der Waals surface area contributed by atoms with E-state index in [-0.39, 0.29) is 30.6 Å². The van der Waals surface area contributed by atoms with Gasteiger partial charge in [0.15, 0.2) is 5.78 Å². The van der Waals surface area contributed by atoms with Gasteiger partial charge in [0.1, 0.15) is 5.76 Å². The average Bonchev–Trinajstić information content (AvgIpc) is 3.28. The highest BCUT2D eigenvalue weighted by molar-refractivity contribution is 5.97. The number of amides is 1. The first-order valence-corrected chi connectivity index (χ1v) is 10.8. The Bertz CT molecular complexity index is 762. The van der Waals surface area contributed by atoms with Crippen molar-refractivity contribution in [1.82, 2.24) is 10.2 Å². The molecule has 2 aromatic rings. The van der Waals surface area contributed by atoms with Crippen LogP contribution in [0.3, 0.4) is 0 Å². The highest BCUT2D eigenvalue weighted by atomic mass is 16.3. The summed E-state index contributed by atoms with van der Waals surface area (Å²) in [4.78, 5) is 27.1. The van der Waals surface area contributed by atoms with Gasteiger partial charge in [-0.1, -0.05) is 44.0 Å². The van der Waals surface area contributed by atoms with E-state index in [1.54, 1.807) is 6.26 Å². The van der Waals surface area contributed by atoms with Crippen LogP contribution in [0.1, 0.15) is 73.2 Å². The zero-order chi connectivity index (χ0) is 20.5. The number of furan rings is 1. The number of nitrogens with zero attached hydrogens (tertiary/aromatic N) is 1. The lowest BCUT2D eigenvalue weighted by atomic mass is 10.0.